The van der Waals surface area contributed by atoms with Crippen molar-refractivity contribution in [2.75, 3.05) is 29.5 Å². The third-order valence-corrected chi connectivity index (χ3v) is 6.46. The van der Waals surface area contributed by atoms with Gasteiger partial charge in [0.15, 0.2) is 0 Å². The molecule has 5 nitrogen and oxygen atoms in total. The number of anilines is 2. The summed E-state index contributed by atoms with van der Waals surface area (Å²) in [4.78, 5) is 30.3. The zero-order valence-electron chi connectivity index (χ0n) is 20.8. The maximum atomic E-state index is 13.3. The molecule has 0 aliphatic carbocycles. The summed E-state index contributed by atoms with van der Waals surface area (Å²) < 4.78 is 5.91. The van der Waals surface area contributed by atoms with Crippen LogP contribution in [0.1, 0.15) is 55.5 Å². The summed E-state index contributed by atoms with van der Waals surface area (Å²) in [6, 6.07) is 25.2. The number of para-hydroxylation sites is 2. The molecule has 1 aliphatic heterocycles. The van der Waals surface area contributed by atoms with Crippen LogP contribution in [0.25, 0.3) is 0 Å². The molecule has 0 bridgehead atoms. The second-order valence-electron chi connectivity index (χ2n) is 9.44. The number of benzene rings is 3. The number of carbonyl (C=O) groups is 2. The second-order valence-corrected chi connectivity index (χ2v) is 9.44. The number of hydrogen-bond acceptors (Lipinski definition) is 3. The predicted octanol–water partition coefficient (Wildman–Crippen LogP) is 6.30. The van der Waals surface area contributed by atoms with E-state index in [4.69, 9.17) is 4.74 Å². The molecule has 1 atom stereocenters. The highest BCUT2D eigenvalue weighted by Crippen LogP contribution is 2.35. The molecule has 2 amide bonds. The fraction of sp³-hybridized carbons (Fsp3) is 0.333. The average molecular weight is 471 g/mol. The number of amides is 2. The number of unbranched alkanes of at least 4 members (excludes halogenated alkanes) is 1. The Kier molecular flexibility index (Phi) is 7.86. The minimum Gasteiger partial charge on any atom is -0.494 e. The van der Waals surface area contributed by atoms with Crippen LogP contribution in [0.4, 0.5) is 11.4 Å². The van der Waals surface area contributed by atoms with E-state index in [1.807, 2.05) is 78.6 Å². The summed E-state index contributed by atoms with van der Waals surface area (Å²) in [6.45, 7) is 7.79. The van der Waals surface area contributed by atoms with Gasteiger partial charge < -0.3 is 14.5 Å². The molecule has 1 heterocycles. The molecular formula is C30H34N2O3. The molecule has 4 rings (SSSR count). The molecule has 0 radical (unpaired) electrons. The summed E-state index contributed by atoms with van der Waals surface area (Å²) in [6.07, 6.45) is 1.64. The van der Waals surface area contributed by atoms with Gasteiger partial charge in [0.25, 0.3) is 5.91 Å². The van der Waals surface area contributed by atoms with Gasteiger partial charge in [-0.3, -0.25) is 9.59 Å². The maximum absolute atomic E-state index is 13.3. The number of ether oxygens (including phenoxy) is 1. The molecule has 1 unspecified atom stereocenters. The maximum Gasteiger partial charge on any atom is 0.258 e. The lowest BCUT2D eigenvalue weighted by Crippen LogP contribution is -2.38. The number of nitrogens with zero attached hydrogens (tertiary/aromatic N) is 2. The van der Waals surface area contributed by atoms with E-state index in [0.29, 0.717) is 31.2 Å². The Bertz CT molecular complexity index is 1140. The first kappa shape index (κ1) is 24.5. The molecule has 0 aromatic heterocycles. The quantitative estimate of drug-likeness (QED) is 0.363. The van der Waals surface area contributed by atoms with E-state index in [9.17, 15) is 9.59 Å². The van der Waals surface area contributed by atoms with Crippen LogP contribution < -0.4 is 14.5 Å². The van der Waals surface area contributed by atoms with Crippen molar-refractivity contribution in [1.29, 1.82) is 0 Å². The lowest BCUT2D eigenvalue weighted by Gasteiger charge is -2.25. The van der Waals surface area contributed by atoms with E-state index in [1.165, 1.54) is 5.56 Å². The third-order valence-electron chi connectivity index (χ3n) is 6.46. The zero-order valence-corrected chi connectivity index (χ0v) is 20.8. The third kappa shape index (κ3) is 5.73. The standard InChI is InChI=1S/C30H34N2O3/c1-22(2)24-15-17-26(18-16-24)35-20-10-9-19-31-27-13-7-8-14-28(27)32(21-23(3)29(31)33)30(34)25-11-5-4-6-12-25/h4-8,11-18,22-23H,9-10,19-21H2,1-3H3. The molecule has 0 saturated carbocycles. The van der Waals surface area contributed by atoms with Crippen molar-refractivity contribution < 1.29 is 14.3 Å². The van der Waals surface area contributed by atoms with Crippen molar-refractivity contribution in [2.45, 2.75) is 39.5 Å². The Morgan fingerprint density at radius 3 is 2.26 bits per heavy atom. The Hall–Kier alpha value is -3.60. The molecule has 35 heavy (non-hydrogen) atoms. The molecular weight excluding hydrogens is 436 g/mol. The van der Waals surface area contributed by atoms with Gasteiger partial charge in [-0.25, -0.2) is 0 Å². The Balaban J connectivity index is 1.43. The molecule has 1 aliphatic rings. The van der Waals surface area contributed by atoms with E-state index in [0.717, 1.165) is 30.0 Å². The van der Waals surface area contributed by atoms with Gasteiger partial charge in [-0.2, -0.15) is 0 Å². The average Bonchev–Trinajstić information content (AvgIpc) is 2.99. The Labute approximate surface area is 208 Å². The fourth-order valence-corrected chi connectivity index (χ4v) is 4.43. The first-order chi connectivity index (χ1) is 17.0. The van der Waals surface area contributed by atoms with Crippen LogP contribution in [0.2, 0.25) is 0 Å². The van der Waals surface area contributed by atoms with Crippen LogP contribution in [-0.4, -0.2) is 31.5 Å². The van der Waals surface area contributed by atoms with Crippen molar-refractivity contribution in [3.8, 4) is 5.75 Å². The SMILES string of the molecule is CC1CN(C(=O)c2ccccc2)c2ccccc2N(CCCCOc2ccc(C(C)C)cc2)C1=O. The highest BCUT2D eigenvalue weighted by atomic mass is 16.5. The van der Waals surface area contributed by atoms with Gasteiger partial charge >= 0.3 is 0 Å². The largest absolute Gasteiger partial charge is 0.494 e. The Morgan fingerprint density at radius 2 is 1.57 bits per heavy atom. The molecule has 0 fully saturated rings. The van der Waals surface area contributed by atoms with Crippen molar-refractivity contribution in [3.63, 3.8) is 0 Å². The van der Waals surface area contributed by atoms with Crippen molar-refractivity contribution in [3.05, 3.63) is 90.0 Å². The number of fused-ring (bicyclic) bond motifs is 1. The molecule has 0 N–H and O–H groups in total. The first-order valence-electron chi connectivity index (χ1n) is 12.5. The number of hydrogen-bond donors (Lipinski definition) is 0. The lowest BCUT2D eigenvalue weighted by atomic mass is 10.0. The molecule has 3 aromatic carbocycles. The summed E-state index contributed by atoms with van der Waals surface area (Å²) in [5.41, 5.74) is 3.48. The van der Waals surface area contributed by atoms with Crippen LogP contribution in [0, 0.1) is 5.92 Å². The van der Waals surface area contributed by atoms with Gasteiger partial charge in [0.05, 0.1) is 23.9 Å². The van der Waals surface area contributed by atoms with Gasteiger partial charge in [0.2, 0.25) is 5.91 Å². The highest BCUT2D eigenvalue weighted by molar-refractivity contribution is 6.11. The molecule has 0 saturated heterocycles. The van der Waals surface area contributed by atoms with Crippen molar-refractivity contribution >= 4 is 23.2 Å². The van der Waals surface area contributed by atoms with E-state index >= 15 is 0 Å². The monoisotopic (exact) mass is 470 g/mol. The molecule has 182 valence electrons. The predicted molar refractivity (Wildman–Crippen MR) is 141 cm³/mol. The van der Waals surface area contributed by atoms with E-state index < -0.39 is 0 Å². The van der Waals surface area contributed by atoms with Crippen LogP contribution in [0.15, 0.2) is 78.9 Å². The van der Waals surface area contributed by atoms with Gasteiger partial charge in [0.1, 0.15) is 5.75 Å². The van der Waals surface area contributed by atoms with Gasteiger partial charge in [-0.15, -0.1) is 0 Å². The van der Waals surface area contributed by atoms with Crippen LogP contribution >= 0.6 is 0 Å². The van der Waals surface area contributed by atoms with Crippen LogP contribution in [-0.2, 0) is 4.79 Å². The van der Waals surface area contributed by atoms with E-state index in [1.54, 1.807) is 4.90 Å². The number of carbonyl (C=O) groups excluding carboxylic acids is 2. The van der Waals surface area contributed by atoms with Crippen molar-refractivity contribution in [1.82, 2.24) is 0 Å². The minimum absolute atomic E-state index is 0.0472. The molecule has 3 aromatic rings. The highest BCUT2D eigenvalue weighted by Gasteiger charge is 2.33. The first-order valence-corrected chi connectivity index (χ1v) is 12.5. The van der Waals surface area contributed by atoms with Gasteiger partial charge in [-0.1, -0.05) is 63.2 Å². The number of rotatable bonds is 8. The topological polar surface area (TPSA) is 49.9 Å². The summed E-state index contributed by atoms with van der Waals surface area (Å²) in [5, 5.41) is 0. The lowest BCUT2D eigenvalue weighted by molar-refractivity contribution is -0.121. The normalized spacial score (nSPS) is 15.7. The van der Waals surface area contributed by atoms with Crippen LogP contribution in [0.5, 0.6) is 5.75 Å². The molecule has 5 heteroatoms. The van der Waals surface area contributed by atoms with Gasteiger partial charge in [-0.05, 0) is 60.7 Å². The van der Waals surface area contributed by atoms with Gasteiger partial charge in [0, 0.05) is 18.7 Å². The Morgan fingerprint density at radius 1 is 0.914 bits per heavy atom. The van der Waals surface area contributed by atoms with E-state index in [2.05, 4.69) is 26.0 Å². The molecule has 0 spiro atoms. The van der Waals surface area contributed by atoms with Crippen molar-refractivity contribution in [2.24, 2.45) is 5.92 Å². The van der Waals surface area contributed by atoms with E-state index in [-0.39, 0.29) is 17.7 Å². The van der Waals surface area contributed by atoms with Crippen LogP contribution in [0.3, 0.4) is 0 Å². The zero-order chi connectivity index (χ0) is 24.8. The summed E-state index contributed by atoms with van der Waals surface area (Å²) in [7, 11) is 0. The summed E-state index contributed by atoms with van der Waals surface area (Å²) >= 11 is 0. The smallest absolute Gasteiger partial charge is 0.258 e. The summed E-state index contributed by atoms with van der Waals surface area (Å²) in [5.74, 6) is 1.03. The minimum atomic E-state index is -0.300. The second kappa shape index (κ2) is 11.2. The fourth-order valence-electron chi connectivity index (χ4n) is 4.43.